The summed E-state index contributed by atoms with van der Waals surface area (Å²) >= 11 is 5.86. The molecule has 0 heterocycles. The van der Waals surface area contributed by atoms with Gasteiger partial charge in [0.1, 0.15) is 5.82 Å². The second-order valence-electron chi connectivity index (χ2n) is 5.28. The lowest BCUT2D eigenvalue weighted by atomic mass is 9.93. The van der Waals surface area contributed by atoms with Gasteiger partial charge in [-0.2, -0.15) is 0 Å². The zero-order chi connectivity index (χ0) is 13.1. The Kier molecular flexibility index (Phi) is 4.92. The van der Waals surface area contributed by atoms with Gasteiger partial charge >= 0.3 is 0 Å². The van der Waals surface area contributed by atoms with Crippen molar-refractivity contribution in [2.45, 2.75) is 20.4 Å². The van der Waals surface area contributed by atoms with E-state index in [4.69, 9.17) is 17.3 Å². The summed E-state index contributed by atoms with van der Waals surface area (Å²) in [5.74, 6) is -0.216. The molecule has 96 valence electrons. The normalized spacial score (nSPS) is 12.2. The number of rotatable bonds is 5. The van der Waals surface area contributed by atoms with E-state index >= 15 is 0 Å². The first-order valence-electron chi connectivity index (χ1n) is 5.66. The van der Waals surface area contributed by atoms with Crippen LogP contribution in [0.3, 0.4) is 0 Å². The van der Waals surface area contributed by atoms with Gasteiger partial charge in [-0.25, -0.2) is 4.39 Å². The SMILES string of the molecule is CN(Cc1cc(Cl)ccc1F)CC(C)(C)CN. The number of hydrogen-bond donors (Lipinski definition) is 1. The molecular formula is C13H20ClFN2. The highest BCUT2D eigenvalue weighted by Gasteiger charge is 2.18. The molecule has 0 radical (unpaired) electrons. The van der Waals surface area contributed by atoms with Crippen LogP contribution in [0.15, 0.2) is 18.2 Å². The monoisotopic (exact) mass is 258 g/mol. The van der Waals surface area contributed by atoms with Gasteiger partial charge in [-0.3, -0.25) is 0 Å². The third-order valence-electron chi connectivity index (χ3n) is 2.70. The van der Waals surface area contributed by atoms with E-state index in [1.54, 1.807) is 12.1 Å². The van der Waals surface area contributed by atoms with Gasteiger partial charge in [0, 0.05) is 23.7 Å². The van der Waals surface area contributed by atoms with Crippen molar-refractivity contribution in [3.05, 3.63) is 34.6 Å². The fourth-order valence-electron chi connectivity index (χ4n) is 1.81. The van der Waals surface area contributed by atoms with Gasteiger partial charge in [0.25, 0.3) is 0 Å². The number of hydrogen-bond acceptors (Lipinski definition) is 2. The molecule has 0 aliphatic rings. The minimum atomic E-state index is -0.216. The summed E-state index contributed by atoms with van der Waals surface area (Å²) in [5.41, 5.74) is 6.33. The molecule has 0 unspecified atom stereocenters. The fourth-order valence-corrected chi connectivity index (χ4v) is 2.00. The highest BCUT2D eigenvalue weighted by atomic mass is 35.5. The predicted molar refractivity (Wildman–Crippen MR) is 70.6 cm³/mol. The maximum absolute atomic E-state index is 13.5. The van der Waals surface area contributed by atoms with Crippen molar-refractivity contribution in [1.82, 2.24) is 4.90 Å². The third kappa shape index (κ3) is 4.62. The van der Waals surface area contributed by atoms with Crippen LogP contribution in [0, 0.1) is 11.2 Å². The molecule has 0 amide bonds. The molecule has 1 rings (SSSR count). The molecule has 2 nitrogen and oxygen atoms in total. The Labute approximate surface area is 108 Å². The van der Waals surface area contributed by atoms with Crippen LogP contribution in [0.5, 0.6) is 0 Å². The molecule has 0 bridgehead atoms. The second-order valence-corrected chi connectivity index (χ2v) is 5.71. The van der Waals surface area contributed by atoms with Crippen molar-refractivity contribution in [2.75, 3.05) is 20.1 Å². The first kappa shape index (κ1) is 14.4. The van der Waals surface area contributed by atoms with Crippen LogP contribution in [0.25, 0.3) is 0 Å². The molecule has 0 aliphatic heterocycles. The average Bonchev–Trinajstić information content (AvgIpc) is 2.23. The summed E-state index contributed by atoms with van der Waals surface area (Å²) in [4.78, 5) is 2.06. The Hall–Kier alpha value is -0.640. The highest BCUT2D eigenvalue weighted by Crippen LogP contribution is 2.19. The van der Waals surface area contributed by atoms with E-state index in [1.165, 1.54) is 6.07 Å². The lowest BCUT2D eigenvalue weighted by molar-refractivity contribution is 0.208. The Morgan fingerprint density at radius 1 is 1.41 bits per heavy atom. The van der Waals surface area contributed by atoms with E-state index in [-0.39, 0.29) is 11.2 Å². The zero-order valence-corrected chi connectivity index (χ0v) is 11.4. The minimum absolute atomic E-state index is 0.0315. The first-order valence-corrected chi connectivity index (χ1v) is 6.04. The molecule has 1 aromatic carbocycles. The average molecular weight is 259 g/mol. The molecule has 1 aromatic rings. The van der Waals surface area contributed by atoms with Crippen molar-refractivity contribution in [3.63, 3.8) is 0 Å². The van der Waals surface area contributed by atoms with Gasteiger partial charge in [0.05, 0.1) is 0 Å². The maximum Gasteiger partial charge on any atom is 0.127 e. The lowest BCUT2D eigenvalue weighted by Crippen LogP contribution is -2.36. The second kappa shape index (κ2) is 5.80. The number of benzene rings is 1. The van der Waals surface area contributed by atoms with Crippen LogP contribution in [0.2, 0.25) is 5.02 Å². The summed E-state index contributed by atoms with van der Waals surface area (Å²) < 4.78 is 13.5. The molecule has 17 heavy (non-hydrogen) atoms. The van der Waals surface area contributed by atoms with Crippen LogP contribution >= 0.6 is 11.6 Å². The molecule has 0 atom stereocenters. The summed E-state index contributed by atoms with van der Waals surface area (Å²) in [6.07, 6.45) is 0. The first-order chi connectivity index (χ1) is 7.84. The van der Waals surface area contributed by atoms with Gasteiger partial charge in [-0.1, -0.05) is 25.4 Å². The van der Waals surface area contributed by atoms with Gasteiger partial charge in [-0.15, -0.1) is 0 Å². The molecule has 4 heteroatoms. The standard InChI is InChI=1S/C13H20ClFN2/c1-13(2,8-16)9-17(3)7-10-6-11(14)4-5-12(10)15/h4-6H,7-9,16H2,1-3H3. The number of nitrogens with zero attached hydrogens (tertiary/aromatic N) is 1. The summed E-state index contributed by atoms with van der Waals surface area (Å²) in [6, 6.07) is 4.63. The van der Waals surface area contributed by atoms with Crippen LogP contribution in [-0.2, 0) is 6.54 Å². The van der Waals surface area contributed by atoms with Crippen molar-refractivity contribution in [2.24, 2.45) is 11.1 Å². The van der Waals surface area contributed by atoms with E-state index in [0.717, 1.165) is 6.54 Å². The molecule has 0 aromatic heterocycles. The largest absolute Gasteiger partial charge is 0.330 e. The van der Waals surface area contributed by atoms with E-state index < -0.39 is 0 Å². The molecule has 2 N–H and O–H groups in total. The topological polar surface area (TPSA) is 29.3 Å². The molecule has 0 saturated heterocycles. The Morgan fingerprint density at radius 2 is 2.06 bits per heavy atom. The Morgan fingerprint density at radius 3 is 2.65 bits per heavy atom. The molecule has 0 spiro atoms. The Balaban J connectivity index is 2.68. The zero-order valence-electron chi connectivity index (χ0n) is 10.6. The van der Waals surface area contributed by atoms with Gasteiger partial charge in [0.2, 0.25) is 0 Å². The fraction of sp³-hybridized carbons (Fsp3) is 0.538. The number of halogens is 2. The summed E-state index contributed by atoms with van der Waals surface area (Å²) in [7, 11) is 1.96. The summed E-state index contributed by atoms with van der Waals surface area (Å²) in [5, 5.41) is 0.563. The third-order valence-corrected chi connectivity index (χ3v) is 2.93. The van der Waals surface area contributed by atoms with Gasteiger partial charge in [-0.05, 0) is 37.2 Å². The highest BCUT2D eigenvalue weighted by molar-refractivity contribution is 6.30. The smallest absolute Gasteiger partial charge is 0.127 e. The summed E-state index contributed by atoms with van der Waals surface area (Å²) in [6.45, 7) is 6.15. The van der Waals surface area contributed by atoms with Crippen molar-refractivity contribution >= 4 is 11.6 Å². The minimum Gasteiger partial charge on any atom is -0.330 e. The van der Waals surface area contributed by atoms with Crippen molar-refractivity contribution < 1.29 is 4.39 Å². The van der Waals surface area contributed by atoms with Gasteiger partial charge < -0.3 is 10.6 Å². The quantitative estimate of drug-likeness (QED) is 0.880. The van der Waals surface area contributed by atoms with Crippen LogP contribution in [0.4, 0.5) is 4.39 Å². The molecule has 0 saturated carbocycles. The predicted octanol–water partition coefficient (Wildman–Crippen LogP) is 2.90. The number of nitrogens with two attached hydrogens (primary N) is 1. The van der Waals surface area contributed by atoms with Crippen molar-refractivity contribution in [3.8, 4) is 0 Å². The lowest BCUT2D eigenvalue weighted by Gasteiger charge is -2.29. The molecular weight excluding hydrogens is 239 g/mol. The van der Waals surface area contributed by atoms with E-state index in [9.17, 15) is 4.39 Å². The van der Waals surface area contributed by atoms with Crippen LogP contribution in [-0.4, -0.2) is 25.0 Å². The molecule has 0 fully saturated rings. The van der Waals surface area contributed by atoms with E-state index in [0.29, 0.717) is 23.7 Å². The van der Waals surface area contributed by atoms with E-state index in [1.807, 2.05) is 7.05 Å². The Bertz CT molecular complexity index is 380. The van der Waals surface area contributed by atoms with E-state index in [2.05, 4.69) is 18.7 Å². The maximum atomic E-state index is 13.5. The van der Waals surface area contributed by atoms with Crippen molar-refractivity contribution in [1.29, 1.82) is 0 Å². The molecule has 0 aliphatic carbocycles. The van der Waals surface area contributed by atoms with Gasteiger partial charge in [0.15, 0.2) is 0 Å². The van der Waals surface area contributed by atoms with Crippen LogP contribution < -0.4 is 5.73 Å². The van der Waals surface area contributed by atoms with Crippen LogP contribution in [0.1, 0.15) is 19.4 Å².